The third-order valence-electron chi connectivity index (χ3n) is 4.65. The van der Waals surface area contributed by atoms with Crippen molar-refractivity contribution in [2.45, 2.75) is 25.8 Å². The van der Waals surface area contributed by atoms with Crippen LogP contribution in [0.25, 0.3) is 10.9 Å². The fourth-order valence-corrected chi connectivity index (χ4v) is 3.62. The van der Waals surface area contributed by atoms with Crippen molar-refractivity contribution in [2.24, 2.45) is 5.92 Å². The van der Waals surface area contributed by atoms with Gasteiger partial charge in [-0.2, -0.15) is 0 Å². The van der Waals surface area contributed by atoms with Crippen LogP contribution in [0, 0.1) is 5.92 Å². The summed E-state index contributed by atoms with van der Waals surface area (Å²) in [4.78, 5) is 7.18. The van der Waals surface area contributed by atoms with Gasteiger partial charge in [0.15, 0.2) is 0 Å². The molecule has 3 heteroatoms. The lowest BCUT2D eigenvalue weighted by atomic mass is 9.88. The molecule has 0 bridgehead atoms. The first-order valence-corrected chi connectivity index (χ1v) is 7.23. The van der Waals surface area contributed by atoms with Crippen LogP contribution in [0.5, 0.6) is 0 Å². The number of hydrogen-bond acceptors (Lipinski definition) is 3. The number of piperidine rings is 1. The van der Waals surface area contributed by atoms with E-state index >= 15 is 0 Å². The van der Waals surface area contributed by atoms with Gasteiger partial charge in [0, 0.05) is 24.5 Å². The Kier molecular flexibility index (Phi) is 2.40. The Morgan fingerprint density at radius 1 is 1.32 bits per heavy atom. The summed E-state index contributed by atoms with van der Waals surface area (Å²) in [6, 6.07) is 9.11. The number of para-hydroxylation sites is 1. The molecular weight excluding hydrogens is 234 g/mol. The molecule has 0 spiro atoms. The Morgan fingerprint density at radius 2 is 2.21 bits per heavy atom. The van der Waals surface area contributed by atoms with Gasteiger partial charge in [-0.25, -0.2) is 0 Å². The van der Waals surface area contributed by atoms with Crippen molar-refractivity contribution < 1.29 is 0 Å². The predicted octanol–water partition coefficient (Wildman–Crippen LogP) is 3.27. The predicted molar refractivity (Wildman–Crippen MR) is 79.8 cm³/mol. The van der Waals surface area contributed by atoms with Gasteiger partial charge in [0.25, 0.3) is 0 Å². The number of fused-ring (bicyclic) bond motifs is 5. The van der Waals surface area contributed by atoms with Crippen LogP contribution in [-0.4, -0.2) is 24.1 Å². The molecular formula is C16H19N3. The number of nitrogens with one attached hydrogen (secondary N) is 1. The van der Waals surface area contributed by atoms with Gasteiger partial charge < -0.3 is 10.2 Å². The quantitative estimate of drug-likeness (QED) is 0.781. The largest absolute Gasteiger partial charge is 0.380 e. The first-order chi connectivity index (χ1) is 9.34. The molecule has 1 saturated heterocycles. The summed E-state index contributed by atoms with van der Waals surface area (Å²) in [5, 5.41) is 4.86. The van der Waals surface area contributed by atoms with Gasteiger partial charge in [0.1, 0.15) is 0 Å². The number of benzene rings is 1. The Hall–Kier alpha value is -1.77. The van der Waals surface area contributed by atoms with Crippen LogP contribution >= 0.6 is 0 Å². The molecule has 2 aliphatic rings. The summed E-state index contributed by atoms with van der Waals surface area (Å²) in [5.41, 5.74) is 3.67. The number of anilines is 2. The van der Waals surface area contributed by atoms with Gasteiger partial charge in [-0.05, 0) is 24.8 Å². The zero-order valence-corrected chi connectivity index (χ0v) is 11.3. The highest BCUT2D eigenvalue weighted by atomic mass is 15.2. The maximum atomic E-state index is 4.56. The molecule has 1 aromatic heterocycles. The summed E-state index contributed by atoms with van der Waals surface area (Å²) >= 11 is 0. The molecule has 19 heavy (non-hydrogen) atoms. The summed E-state index contributed by atoms with van der Waals surface area (Å²) in [7, 11) is 0. The van der Waals surface area contributed by atoms with E-state index in [-0.39, 0.29) is 0 Å². The van der Waals surface area contributed by atoms with E-state index in [0.717, 1.165) is 18.0 Å². The third-order valence-corrected chi connectivity index (χ3v) is 4.65. The number of hydrogen-bond donors (Lipinski definition) is 1. The van der Waals surface area contributed by atoms with Crippen molar-refractivity contribution in [1.82, 2.24) is 4.98 Å². The molecule has 1 aromatic carbocycles. The zero-order valence-electron chi connectivity index (χ0n) is 11.3. The van der Waals surface area contributed by atoms with Crippen molar-refractivity contribution in [1.29, 1.82) is 0 Å². The Bertz CT molecular complexity index is 622. The van der Waals surface area contributed by atoms with E-state index in [2.05, 4.69) is 46.4 Å². The maximum Gasteiger partial charge on any atom is 0.0772 e. The molecule has 0 radical (unpaired) electrons. The summed E-state index contributed by atoms with van der Waals surface area (Å²) in [6.45, 7) is 4.61. The highest BCUT2D eigenvalue weighted by molar-refractivity contribution is 5.99. The van der Waals surface area contributed by atoms with Gasteiger partial charge >= 0.3 is 0 Å². The van der Waals surface area contributed by atoms with E-state index in [9.17, 15) is 0 Å². The number of aromatic nitrogens is 1. The van der Waals surface area contributed by atoms with Crippen LogP contribution < -0.4 is 10.2 Å². The third kappa shape index (κ3) is 1.61. The molecule has 2 aliphatic heterocycles. The van der Waals surface area contributed by atoms with E-state index in [1.807, 2.05) is 6.20 Å². The molecule has 1 fully saturated rings. The average Bonchev–Trinajstić information content (AvgIpc) is 2.47. The van der Waals surface area contributed by atoms with E-state index in [1.165, 1.54) is 36.1 Å². The SMILES string of the molecule is CC1CCCN2c3c(cnc4ccccc34)NCC12. The zero-order chi connectivity index (χ0) is 12.8. The van der Waals surface area contributed by atoms with Crippen LogP contribution in [0.3, 0.4) is 0 Å². The van der Waals surface area contributed by atoms with Gasteiger partial charge in [-0.1, -0.05) is 25.1 Å². The van der Waals surface area contributed by atoms with Crippen LogP contribution in [0.4, 0.5) is 11.4 Å². The topological polar surface area (TPSA) is 28.2 Å². The second-order valence-electron chi connectivity index (χ2n) is 5.80. The van der Waals surface area contributed by atoms with Gasteiger partial charge in [-0.3, -0.25) is 4.98 Å². The lowest BCUT2D eigenvalue weighted by Gasteiger charge is -2.46. The van der Waals surface area contributed by atoms with E-state index in [0.29, 0.717) is 6.04 Å². The monoisotopic (exact) mass is 253 g/mol. The molecule has 0 aliphatic carbocycles. The summed E-state index contributed by atoms with van der Waals surface area (Å²) in [6.07, 6.45) is 4.64. The molecule has 98 valence electrons. The van der Waals surface area contributed by atoms with Crippen molar-refractivity contribution in [2.75, 3.05) is 23.3 Å². The molecule has 1 N–H and O–H groups in total. The highest BCUT2D eigenvalue weighted by Gasteiger charge is 2.33. The first-order valence-electron chi connectivity index (χ1n) is 7.23. The van der Waals surface area contributed by atoms with Gasteiger partial charge in [0.05, 0.1) is 23.1 Å². The average molecular weight is 253 g/mol. The first kappa shape index (κ1) is 11.1. The smallest absolute Gasteiger partial charge is 0.0772 e. The molecule has 4 rings (SSSR count). The fraction of sp³-hybridized carbons (Fsp3) is 0.438. The second-order valence-corrected chi connectivity index (χ2v) is 5.80. The summed E-state index contributed by atoms with van der Waals surface area (Å²) < 4.78 is 0. The Labute approximate surface area is 113 Å². The Morgan fingerprint density at radius 3 is 3.16 bits per heavy atom. The lowest BCUT2D eigenvalue weighted by molar-refractivity contribution is 0.351. The van der Waals surface area contributed by atoms with Crippen LogP contribution in [0.1, 0.15) is 19.8 Å². The van der Waals surface area contributed by atoms with Crippen molar-refractivity contribution >= 4 is 22.3 Å². The lowest BCUT2D eigenvalue weighted by Crippen LogP contribution is -2.51. The van der Waals surface area contributed by atoms with Crippen LogP contribution in [-0.2, 0) is 0 Å². The minimum absolute atomic E-state index is 0.632. The molecule has 2 atom stereocenters. The second kappa shape index (κ2) is 4.12. The fourth-order valence-electron chi connectivity index (χ4n) is 3.62. The standard InChI is InChI=1S/C16H19N3/c1-11-5-4-8-19-15(11)10-18-14-9-17-13-7-3-2-6-12(13)16(14)19/h2-3,6-7,9,11,15,18H,4-5,8,10H2,1H3. The number of rotatable bonds is 0. The van der Waals surface area contributed by atoms with Crippen molar-refractivity contribution in [3.63, 3.8) is 0 Å². The van der Waals surface area contributed by atoms with E-state index < -0.39 is 0 Å². The molecule has 2 unspecified atom stereocenters. The van der Waals surface area contributed by atoms with Gasteiger partial charge in [0.2, 0.25) is 0 Å². The van der Waals surface area contributed by atoms with Crippen molar-refractivity contribution in [3.05, 3.63) is 30.5 Å². The Balaban J connectivity index is 1.93. The van der Waals surface area contributed by atoms with E-state index in [4.69, 9.17) is 0 Å². The molecule has 2 aromatic rings. The maximum absolute atomic E-state index is 4.56. The minimum Gasteiger partial charge on any atom is -0.380 e. The molecule has 3 nitrogen and oxygen atoms in total. The van der Waals surface area contributed by atoms with Crippen molar-refractivity contribution in [3.8, 4) is 0 Å². The number of pyridine rings is 1. The highest BCUT2D eigenvalue weighted by Crippen LogP contribution is 2.41. The minimum atomic E-state index is 0.632. The molecule has 0 amide bonds. The number of nitrogens with zero attached hydrogens (tertiary/aromatic N) is 2. The molecule has 0 saturated carbocycles. The molecule has 3 heterocycles. The van der Waals surface area contributed by atoms with Crippen LogP contribution in [0.15, 0.2) is 30.5 Å². The van der Waals surface area contributed by atoms with Crippen LogP contribution in [0.2, 0.25) is 0 Å². The van der Waals surface area contributed by atoms with E-state index in [1.54, 1.807) is 0 Å². The normalized spacial score (nSPS) is 25.6. The van der Waals surface area contributed by atoms with Gasteiger partial charge in [-0.15, -0.1) is 0 Å². The summed E-state index contributed by atoms with van der Waals surface area (Å²) in [5.74, 6) is 0.765.